The number of Topliss-reactive ketones (excluding diaryl/α,β-unsaturated/α-hetero) is 1. The van der Waals surface area contributed by atoms with Gasteiger partial charge in [0.15, 0.2) is 16.8 Å². The molecule has 3 heterocycles. The Hall–Kier alpha value is -3.16. The average Bonchev–Trinajstić information content (AvgIpc) is 3.52. The Labute approximate surface area is 181 Å². The Balaban J connectivity index is 1.42. The molecule has 0 unspecified atom stereocenters. The fourth-order valence-corrected chi connectivity index (χ4v) is 4.94. The van der Waals surface area contributed by atoms with Gasteiger partial charge in [0, 0.05) is 22.7 Å². The first kappa shape index (κ1) is 18.8. The smallest absolute Gasteiger partial charge is 0.192 e. The van der Waals surface area contributed by atoms with Crippen LogP contribution in [0.4, 0.5) is 0 Å². The van der Waals surface area contributed by atoms with Crippen LogP contribution in [0.3, 0.4) is 0 Å². The van der Waals surface area contributed by atoms with Crippen LogP contribution < -0.4 is 0 Å². The molecule has 5 nitrogen and oxygen atoms in total. The number of fused-ring (bicyclic) bond motifs is 1. The van der Waals surface area contributed by atoms with Gasteiger partial charge in [0.2, 0.25) is 0 Å². The second-order valence-electron chi connectivity index (χ2n) is 6.82. The number of para-hydroxylation sites is 1. The van der Waals surface area contributed by atoms with Crippen molar-refractivity contribution in [2.75, 3.05) is 5.75 Å². The zero-order chi connectivity index (χ0) is 20.3. The maximum Gasteiger partial charge on any atom is 0.192 e. The predicted molar refractivity (Wildman–Crippen MR) is 122 cm³/mol. The van der Waals surface area contributed by atoms with Crippen LogP contribution >= 0.6 is 23.1 Å². The Morgan fingerprint density at radius 2 is 1.83 bits per heavy atom. The molecule has 1 N–H and O–H groups in total. The number of ketones is 1. The lowest BCUT2D eigenvalue weighted by Gasteiger charge is -2.09. The number of carbonyl (C=O) groups is 1. The number of thiophene rings is 1. The number of rotatable bonds is 7. The number of H-pyrrole nitrogens is 1. The van der Waals surface area contributed by atoms with Crippen molar-refractivity contribution in [3.8, 4) is 10.7 Å². The molecule has 0 bridgehead atoms. The molecule has 0 saturated carbocycles. The third-order valence-electron chi connectivity index (χ3n) is 4.86. The van der Waals surface area contributed by atoms with Gasteiger partial charge < -0.3 is 4.98 Å². The molecule has 2 aromatic carbocycles. The van der Waals surface area contributed by atoms with E-state index in [9.17, 15) is 4.79 Å². The van der Waals surface area contributed by atoms with Gasteiger partial charge >= 0.3 is 0 Å². The number of nitrogens with zero attached hydrogens (tertiary/aromatic N) is 3. The summed E-state index contributed by atoms with van der Waals surface area (Å²) in [6.45, 7) is 0.657. The molecule has 148 valence electrons. The van der Waals surface area contributed by atoms with Gasteiger partial charge in [0.1, 0.15) is 0 Å². The number of benzene rings is 2. The Kier molecular flexibility index (Phi) is 5.21. The van der Waals surface area contributed by atoms with Crippen molar-refractivity contribution in [1.29, 1.82) is 0 Å². The first-order valence-corrected chi connectivity index (χ1v) is 11.4. The topological polar surface area (TPSA) is 63.6 Å². The molecule has 3 aromatic heterocycles. The van der Waals surface area contributed by atoms with E-state index in [-0.39, 0.29) is 5.78 Å². The van der Waals surface area contributed by atoms with Crippen molar-refractivity contribution in [2.45, 2.75) is 11.7 Å². The fraction of sp³-hybridized carbons (Fsp3) is 0.0870. The predicted octanol–water partition coefficient (Wildman–Crippen LogP) is 5.51. The lowest BCUT2D eigenvalue weighted by Crippen LogP contribution is -2.06. The molecular weight excluding hydrogens is 412 g/mol. The van der Waals surface area contributed by atoms with Crippen LogP contribution in [0, 0.1) is 0 Å². The Morgan fingerprint density at radius 1 is 1.00 bits per heavy atom. The molecule has 5 aromatic rings. The van der Waals surface area contributed by atoms with Gasteiger partial charge in [-0.15, -0.1) is 21.5 Å². The van der Waals surface area contributed by atoms with Gasteiger partial charge in [-0.25, -0.2) is 0 Å². The van der Waals surface area contributed by atoms with Crippen molar-refractivity contribution in [1.82, 2.24) is 19.7 Å². The minimum atomic E-state index is 0.0735. The summed E-state index contributed by atoms with van der Waals surface area (Å²) >= 11 is 3.06. The molecule has 0 aliphatic rings. The summed E-state index contributed by atoms with van der Waals surface area (Å²) in [6, 6.07) is 22.1. The fourth-order valence-electron chi connectivity index (χ4n) is 3.40. The number of aromatic amines is 1. The quantitative estimate of drug-likeness (QED) is 0.273. The SMILES string of the molecule is O=C(CSc1nnc(-c2cccs2)n1Cc1ccccc1)c1c[nH]c2ccccc12. The van der Waals surface area contributed by atoms with E-state index in [1.165, 1.54) is 17.3 Å². The molecule has 0 atom stereocenters. The summed E-state index contributed by atoms with van der Waals surface area (Å²) in [4.78, 5) is 17.1. The van der Waals surface area contributed by atoms with E-state index in [2.05, 4.69) is 31.9 Å². The summed E-state index contributed by atoms with van der Waals surface area (Å²) in [7, 11) is 0. The summed E-state index contributed by atoms with van der Waals surface area (Å²) in [5.41, 5.74) is 2.85. The van der Waals surface area contributed by atoms with Crippen molar-refractivity contribution in [2.24, 2.45) is 0 Å². The van der Waals surface area contributed by atoms with Gasteiger partial charge in [-0.1, -0.05) is 66.4 Å². The maximum atomic E-state index is 12.9. The van der Waals surface area contributed by atoms with Crippen molar-refractivity contribution in [3.63, 3.8) is 0 Å². The lowest BCUT2D eigenvalue weighted by molar-refractivity contribution is 0.102. The number of aromatic nitrogens is 4. The Bertz CT molecular complexity index is 1290. The first-order chi connectivity index (χ1) is 14.8. The summed E-state index contributed by atoms with van der Waals surface area (Å²) < 4.78 is 2.09. The van der Waals surface area contributed by atoms with Crippen LogP contribution in [0.2, 0.25) is 0 Å². The summed E-state index contributed by atoms with van der Waals surface area (Å²) in [5, 5.41) is 12.6. The highest BCUT2D eigenvalue weighted by atomic mass is 32.2. The van der Waals surface area contributed by atoms with Crippen molar-refractivity contribution >= 4 is 39.8 Å². The van der Waals surface area contributed by atoms with Crippen molar-refractivity contribution < 1.29 is 4.79 Å². The van der Waals surface area contributed by atoms with E-state index >= 15 is 0 Å². The highest BCUT2D eigenvalue weighted by Gasteiger charge is 2.18. The zero-order valence-electron chi connectivity index (χ0n) is 16.0. The van der Waals surface area contributed by atoms with E-state index in [0.717, 1.165) is 26.8 Å². The molecule has 5 rings (SSSR count). The monoisotopic (exact) mass is 430 g/mol. The summed E-state index contributed by atoms with van der Waals surface area (Å²) in [5.74, 6) is 1.21. The van der Waals surface area contributed by atoms with E-state index in [4.69, 9.17) is 0 Å². The van der Waals surface area contributed by atoms with Crippen LogP contribution in [0.5, 0.6) is 0 Å². The number of thioether (sulfide) groups is 1. The number of carbonyl (C=O) groups excluding carboxylic acids is 1. The molecule has 0 aliphatic carbocycles. The average molecular weight is 431 g/mol. The second kappa shape index (κ2) is 8.30. The Morgan fingerprint density at radius 3 is 2.67 bits per heavy atom. The van der Waals surface area contributed by atoms with Crippen LogP contribution in [0.25, 0.3) is 21.6 Å². The van der Waals surface area contributed by atoms with Gasteiger partial charge in [-0.3, -0.25) is 9.36 Å². The highest BCUT2D eigenvalue weighted by Crippen LogP contribution is 2.29. The minimum absolute atomic E-state index is 0.0735. The van der Waals surface area contributed by atoms with Crippen LogP contribution in [0.15, 0.2) is 83.5 Å². The number of hydrogen-bond acceptors (Lipinski definition) is 5. The number of nitrogens with one attached hydrogen (secondary N) is 1. The third-order valence-corrected chi connectivity index (χ3v) is 6.70. The molecule has 0 spiro atoms. The molecule has 7 heteroatoms. The highest BCUT2D eigenvalue weighted by molar-refractivity contribution is 7.99. The van der Waals surface area contributed by atoms with Gasteiger partial charge in [0.25, 0.3) is 0 Å². The normalized spacial score (nSPS) is 11.2. The van der Waals surface area contributed by atoms with Gasteiger partial charge in [-0.2, -0.15) is 0 Å². The first-order valence-electron chi connectivity index (χ1n) is 9.53. The number of hydrogen-bond donors (Lipinski definition) is 1. The molecular formula is C23H18N4OS2. The van der Waals surface area contributed by atoms with E-state index in [0.29, 0.717) is 17.9 Å². The van der Waals surface area contributed by atoms with Crippen LogP contribution in [-0.2, 0) is 6.54 Å². The lowest BCUT2D eigenvalue weighted by atomic mass is 10.1. The third kappa shape index (κ3) is 3.69. The molecule has 0 aliphatic heterocycles. The van der Waals surface area contributed by atoms with E-state index in [1.54, 1.807) is 17.5 Å². The zero-order valence-corrected chi connectivity index (χ0v) is 17.6. The summed E-state index contributed by atoms with van der Waals surface area (Å²) in [6.07, 6.45) is 1.79. The van der Waals surface area contributed by atoms with Crippen LogP contribution in [0.1, 0.15) is 15.9 Å². The van der Waals surface area contributed by atoms with Gasteiger partial charge in [0.05, 0.1) is 17.2 Å². The standard InChI is InChI=1S/C23H18N4OS2/c28-20(18-13-24-19-10-5-4-9-17(18)19)15-30-23-26-25-22(21-11-6-12-29-21)27(23)14-16-7-2-1-3-8-16/h1-13,24H,14-15H2. The van der Waals surface area contributed by atoms with Crippen LogP contribution in [-0.4, -0.2) is 31.3 Å². The van der Waals surface area contributed by atoms with Crippen molar-refractivity contribution in [3.05, 3.63) is 89.4 Å². The molecule has 0 fully saturated rings. The molecule has 0 saturated heterocycles. The molecule has 0 amide bonds. The molecule has 30 heavy (non-hydrogen) atoms. The van der Waals surface area contributed by atoms with Gasteiger partial charge in [-0.05, 0) is 23.1 Å². The minimum Gasteiger partial charge on any atom is -0.360 e. The van der Waals surface area contributed by atoms with E-state index in [1.807, 2.05) is 60.0 Å². The molecule has 0 radical (unpaired) electrons. The largest absolute Gasteiger partial charge is 0.360 e. The second-order valence-corrected chi connectivity index (χ2v) is 8.71. The van der Waals surface area contributed by atoms with E-state index < -0.39 is 0 Å². The maximum absolute atomic E-state index is 12.9.